The lowest BCUT2D eigenvalue weighted by Crippen LogP contribution is -2.60. The van der Waals surface area contributed by atoms with E-state index in [0.717, 1.165) is 0 Å². The monoisotopic (exact) mass is 585 g/mol. The molecule has 0 aliphatic heterocycles. The van der Waals surface area contributed by atoms with Gasteiger partial charge in [0, 0.05) is 17.1 Å². The molecule has 0 saturated carbocycles. The number of fused-ring (bicyclic) bond motifs is 1. The SMILES string of the molecule is CCC(C)(N)C(=O)N[C@H](C(=O)N[C@@H](CC(C)C)[C@@H](O)CC(=O)N[C@@H](C)C(=O)n1cc(C(C)=O)c2ccccc21)C(C)C. The topological polar surface area (TPSA) is 173 Å². The molecule has 3 amide bonds. The number of ketones is 1. The van der Waals surface area contributed by atoms with E-state index in [0.29, 0.717) is 29.3 Å². The van der Waals surface area contributed by atoms with Crippen LogP contribution in [0, 0.1) is 11.8 Å². The van der Waals surface area contributed by atoms with Gasteiger partial charge < -0.3 is 26.8 Å². The summed E-state index contributed by atoms with van der Waals surface area (Å²) >= 11 is 0. The molecule has 11 heteroatoms. The highest BCUT2D eigenvalue weighted by atomic mass is 16.3. The number of hydrogen-bond acceptors (Lipinski definition) is 7. The van der Waals surface area contributed by atoms with Crippen molar-refractivity contribution >= 4 is 40.3 Å². The third-order valence-electron chi connectivity index (χ3n) is 7.48. The summed E-state index contributed by atoms with van der Waals surface area (Å²) in [5.41, 5.74) is 5.86. The third kappa shape index (κ3) is 8.72. The Bertz CT molecular complexity index is 1300. The number of para-hydroxylation sites is 1. The molecule has 232 valence electrons. The number of Topliss-reactive ketones (excluding diaryl/α,β-unsaturated/α-hetero) is 1. The summed E-state index contributed by atoms with van der Waals surface area (Å²) in [6.07, 6.45) is 0.609. The van der Waals surface area contributed by atoms with Crippen LogP contribution in [-0.2, 0) is 14.4 Å². The molecule has 0 radical (unpaired) electrons. The van der Waals surface area contributed by atoms with Gasteiger partial charge in [-0.2, -0.15) is 0 Å². The summed E-state index contributed by atoms with van der Waals surface area (Å²) in [4.78, 5) is 64.1. The number of rotatable bonds is 14. The van der Waals surface area contributed by atoms with Crippen LogP contribution in [0.3, 0.4) is 0 Å². The van der Waals surface area contributed by atoms with Crippen molar-refractivity contribution in [1.29, 1.82) is 0 Å². The van der Waals surface area contributed by atoms with E-state index in [1.54, 1.807) is 52.0 Å². The number of amides is 3. The summed E-state index contributed by atoms with van der Waals surface area (Å²) in [7, 11) is 0. The highest BCUT2D eigenvalue weighted by Gasteiger charge is 2.34. The molecule has 0 aliphatic rings. The Kier molecular flexibility index (Phi) is 12.0. The van der Waals surface area contributed by atoms with Crippen LogP contribution in [0.5, 0.6) is 0 Å². The van der Waals surface area contributed by atoms with E-state index < -0.39 is 53.4 Å². The van der Waals surface area contributed by atoms with Gasteiger partial charge in [-0.05, 0) is 51.5 Å². The van der Waals surface area contributed by atoms with Crippen molar-refractivity contribution in [2.24, 2.45) is 17.6 Å². The number of benzene rings is 1. The molecule has 0 fully saturated rings. The fraction of sp³-hybridized carbons (Fsp3) is 0.581. The lowest BCUT2D eigenvalue weighted by Gasteiger charge is -2.31. The van der Waals surface area contributed by atoms with E-state index in [-0.39, 0.29) is 24.0 Å². The summed E-state index contributed by atoms with van der Waals surface area (Å²) in [5.74, 6) is -2.33. The maximum absolute atomic E-state index is 13.2. The second-order valence-electron chi connectivity index (χ2n) is 12.1. The Morgan fingerprint density at radius 1 is 1.00 bits per heavy atom. The molecule has 5 atom stereocenters. The molecule has 2 rings (SSSR count). The second kappa shape index (κ2) is 14.6. The van der Waals surface area contributed by atoms with Gasteiger partial charge in [-0.15, -0.1) is 0 Å². The standard InChI is InChI=1S/C31H47N5O6/c1-9-31(8,32)30(42)35-27(18(4)5)28(40)34-23(14-17(2)3)25(38)15-26(39)33-19(6)29(41)36-16-22(20(7)37)21-12-10-11-13-24(21)36/h10-13,16-19,23,25,27,38H,9,14-15,32H2,1-8H3,(H,33,39)(H,34,40)(H,35,42)/t19-,23-,25-,27-,31?/m0/s1. The van der Waals surface area contributed by atoms with Gasteiger partial charge in [-0.1, -0.05) is 52.8 Å². The average Bonchev–Trinajstić information content (AvgIpc) is 3.30. The zero-order valence-corrected chi connectivity index (χ0v) is 26.0. The Balaban J connectivity index is 2.13. The molecule has 2 aromatic rings. The number of aliphatic hydroxyl groups excluding tert-OH is 1. The van der Waals surface area contributed by atoms with E-state index in [2.05, 4.69) is 16.0 Å². The first kappa shape index (κ1) is 34.6. The van der Waals surface area contributed by atoms with E-state index in [1.165, 1.54) is 24.6 Å². The lowest BCUT2D eigenvalue weighted by molar-refractivity contribution is -0.133. The van der Waals surface area contributed by atoms with E-state index in [9.17, 15) is 29.1 Å². The van der Waals surface area contributed by atoms with Gasteiger partial charge in [0.2, 0.25) is 17.7 Å². The van der Waals surface area contributed by atoms with Crippen molar-refractivity contribution in [3.8, 4) is 0 Å². The first-order valence-corrected chi connectivity index (χ1v) is 14.5. The van der Waals surface area contributed by atoms with Gasteiger partial charge in [0.05, 0.1) is 29.6 Å². The largest absolute Gasteiger partial charge is 0.390 e. The average molecular weight is 586 g/mol. The number of nitrogens with zero attached hydrogens (tertiary/aromatic N) is 1. The molecule has 42 heavy (non-hydrogen) atoms. The quantitative estimate of drug-likeness (QED) is 0.212. The Hall–Kier alpha value is -3.57. The number of nitrogens with one attached hydrogen (secondary N) is 3. The molecule has 0 spiro atoms. The van der Waals surface area contributed by atoms with E-state index in [1.807, 2.05) is 13.8 Å². The number of nitrogens with two attached hydrogens (primary N) is 1. The van der Waals surface area contributed by atoms with Gasteiger partial charge in [0.15, 0.2) is 5.78 Å². The van der Waals surface area contributed by atoms with Crippen LogP contribution in [0.4, 0.5) is 0 Å². The van der Waals surface area contributed by atoms with Crippen molar-refractivity contribution in [3.63, 3.8) is 0 Å². The van der Waals surface area contributed by atoms with Crippen LogP contribution in [-0.4, -0.2) is 68.9 Å². The smallest absolute Gasteiger partial charge is 0.253 e. The van der Waals surface area contributed by atoms with Crippen LogP contribution < -0.4 is 21.7 Å². The summed E-state index contributed by atoms with van der Waals surface area (Å²) < 4.78 is 1.35. The molecule has 0 aliphatic carbocycles. The Morgan fingerprint density at radius 2 is 1.62 bits per heavy atom. The minimum absolute atomic E-state index is 0.0746. The third-order valence-corrected chi connectivity index (χ3v) is 7.48. The first-order valence-electron chi connectivity index (χ1n) is 14.5. The molecular weight excluding hydrogens is 538 g/mol. The molecular formula is C31H47N5O6. The Labute approximate surface area is 248 Å². The minimum atomic E-state index is -1.26. The second-order valence-corrected chi connectivity index (χ2v) is 12.1. The zero-order valence-electron chi connectivity index (χ0n) is 26.0. The van der Waals surface area contributed by atoms with Crippen molar-refractivity contribution in [3.05, 3.63) is 36.0 Å². The van der Waals surface area contributed by atoms with Gasteiger partial charge >= 0.3 is 0 Å². The number of aliphatic hydroxyl groups is 1. The van der Waals surface area contributed by atoms with Crippen molar-refractivity contribution in [2.75, 3.05) is 0 Å². The molecule has 0 saturated heterocycles. The zero-order chi connectivity index (χ0) is 31.9. The maximum Gasteiger partial charge on any atom is 0.253 e. The molecule has 6 N–H and O–H groups in total. The Morgan fingerprint density at radius 3 is 2.17 bits per heavy atom. The molecule has 11 nitrogen and oxygen atoms in total. The number of aromatic nitrogens is 1. The van der Waals surface area contributed by atoms with Crippen LogP contribution in [0.15, 0.2) is 30.5 Å². The van der Waals surface area contributed by atoms with Crippen LogP contribution >= 0.6 is 0 Å². The summed E-state index contributed by atoms with van der Waals surface area (Å²) in [5, 5.41) is 19.8. The predicted octanol–water partition coefficient (Wildman–Crippen LogP) is 2.54. The van der Waals surface area contributed by atoms with E-state index >= 15 is 0 Å². The highest BCUT2D eigenvalue weighted by Crippen LogP contribution is 2.22. The maximum atomic E-state index is 13.2. The molecule has 1 aromatic heterocycles. The van der Waals surface area contributed by atoms with Crippen LogP contribution in [0.25, 0.3) is 10.9 Å². The van der Waals surface area contributed by atoms with Crippen molar-refractivity contribution < 1.29 is 29.1 Å². The summed E-state index contributed by atoms with van der Waals surface area (Å²) in [6, 6.07) is 4.38. The lowest BCUT2D eigenvalue weighted by atomic mass is 9.94. The number of hydrogen-bond donors (Lipinski definition) is 5. The molecule has 0 bridgehead atoms. The molecule has 1 aromatic carbocycles. The minimum Gasteiger partial charge on any atom is -0.390 e. The van der Waals surface area contributed by atoms with Crippen molar-refractivity contribution in [1.82, 2.24) is 20.5 Å². The molecule has 1 heterocycles. The van der Waals surface area contributed by atoms with Gasteiger partial charge in [0.1, 0.15) is 12.1 Å². The number of carbonyl (C=O) groups is 5. The van der Waals surface area contributed by atoms with Gasteiger partial charge in [0.25, 0.3) is 5.91 Å². The fourth-order valence-corrected chi connectivity index (χ4v) is 4.64. The van der Waals surface area contributed by atoms with Gasteiger partial charge in [-0.25, -0.2) is 0 Å². The van der Waals surface area contributed by atoms with Crippen molar-refractivity contribution in [2.45, 2.75) is 104 Å². The fourth-order valence-electron chi connectivity index (χ4n) is 4.64. The predicted molar refractivity (Wildman–Crippen MR) is 162 cm³/mol. The van der Waals surface area contributed by atoms with E-state index in [4.69, 9.17) is 5.73 Å². The molecule has 1 unspecified atom stereocenters. The van der Waals surface area contributed by atoms with Gasteiger partial charge in [-0.3, -0.25) is 28.5 Å². The highest BCUT2D eigenvalue weighted by molar-refractivity contribution is 6.10. The summed E-state index contributed by atoms with van der Waals surface area (Å²) in [6.45, 7) is 13.7. The normalized spacial score (nSPS) is 15.9. The van der Waals surface area contributed by atoms with Crippen LogP contribution in [0.2, 0.25) is 0 Å². The first-order chi connectivity index (χ1) is 19.5. The van der Waals surface area contributed by atoms with Crippen LogP contribution in [0.1, 0.15) is 89.8 Å². The number of carbonyl (C=O) groups excluding carboxylic acids is 5.